The van der Waals surface area contributed by atoms with Crippen LogP contribution >= 0.6 is 33.9 Å². The van der Waals surface area contributed by atoms with Gasteiger partial charge in [-0.2, -0.15) is 0 Å². The number of fused-ring (bicyclic) bond motifs is 3. The number of amides is 1. The number of aromatic amines is 1. The van der Waals surface area contributed by atoms with E-state index in [0.29, 0.717) is 24.4 Å². The van der Waals surface area contributed by atoms with Crippen molar-refractivity contribution < 1.29 is 9.90 Å². The minimum absolute atomic E-state index is 0.120. The molecule has 0 atom stereocenters. The number of thiophene rings is 1. The number of phenols is 1. The van der Waals surface area contributed by atoms with Crippen LogP contribution in [0, 0.1) is 0 Å². The summed E-state index contributed by atoms with van der Waals surface area (Å²) >= 11 is 3.67. The van der Waals surface area contributed by atoms with Gasteiger partial charge in [-0.25, -0.2) is 0 Å². The predicted molar refractivity (Wildman–Crippen MR) is 109 cm³/mol. The van der Waals surface area contributed by atoms with Gasteiger partial charge in [-0.15, -0.1) is 11.3 Å². The highest BCUT2D eigenvalue weighted by Gasteiger charge is 2.22. The first-order valence-corrected chi connectivity index (χ1v) is 10.3. The first-order chi connectivity index (χ1) is 12.0. The maximum Gasteiger partial charge on any atom is 0.266 e. The fourth-order valence-electron chi connectivity index (χ4n) is 3.37. The molecule has 0 radical (unpaired) electrons. The van der Waals surface area contributed by atoms with Crippen molar-refractivity contribution in [3.05, 3.63) is 39.5 Å². The third-order valence-electron chi connectivity index (χ3n) is 4.70. The Balaban J connectivity index is 1.70. The molecule has 1 aliphatic rings. The van der Waals surface area contributed by atoms with Crippen molar-refractivity contribution in [1.82, 2.24) is 10.3 Å². The van der Waals surface area contributed by atoms with Crippen molar-refractivity contribution in [1.29, 1.82) is 0 Å². The lowest BCUT2D eigenvalue weighted by Gasteiger charge is -2.25. The molecule has 0 aliphatic heterocycles. The molecule has 5 nitrogen and oxygen atoms in total. The number of benzene rings is 1. The summed E-state index contributed by atoms with van der Waals surface area (Å²) in [6.45, 7) is 0. The summed E-state index contributed by atoms with van der Waals surface area (Å²) in [4.78, 5) is 28.3. The third kappa shape index (κ3) is 3.27. The summed E-state index contributed by atoms with van der Waals surface area (Å²) in [7, 11) is 0. The maximum absolute atomic E-state index is 12.6. The smallest absolute Gasteiger partial charge is 0.266 e. The van der Waals surface area contributed by atoms with Crippen molar-refractivity contribution in [3.8, 4) is 5.75 Å². The van der Waals surface area contributed by atoms with Crippen LogP contribution in [0.2, 0.25) is 0 Å². The molecule has 1 aliphatic carbocycles. The van der Waals surface area contributed by atoms with Gasteiger partial charge in [0.2, 0.25) is 0 Å². The number of aromatic hydroxyl groups is 1. The number of carbonyl (C=O) groups is 1. The first kappa shape index (κ1) is 16.8. The molecule has 2 heterocycles. The lowest BCUT2D eigenvalue weighted by molar-refractivity contribution is 0.0932. The van der Waals surface area contributed by atoms with Gasteiger partial charge in [-0.3, -0.25) is 9.59 Å². The van der Waals surface area contributed by atoms with Gasteiger partial charge in [0.1, 0.15) is 10.4 Å². The van der Waals surface area contributed by atoms with E-state index >= 15 is 0 Å². The molecule has 0 spiro atoms. The Morgan fingerprint density at radius 2 is 1.96 bits per heavy atom. The van der Waals surface area contributed by atoms with Crippen LogP contribution in [-0.4, -0.2) is 26.0 Å². The van der Waals surface area contributed by atoms with E-state index in [4.69, 9.17) is 0 Å². The van der Waals surface area contributed by atoms with E-state index in [0.717, 1.165) is 31.1 Å². The highest BCUT2D eigenvalue weighted by atomic mass is 127. The summed E-state index contributed by atoms with van der Waals surface area (Å²) in [5.74, 6) is 0.0134. The van der Waals surface area contributed by atoms with Crippen molar-refractivity contribution in [2.75, 3.05) is 0 Å². The highest BCUT2D eigenvalue weighted by molar-refractivity contribution is 14.1. The maximum atomic E-state index is 12.6. The van der Waals surface area contributed by atoms with Crippen LogP contribution < -0.4 is 10.9 Å². The lowest BCUT2D eigenvalue weighted by Crippen LogP contribution is -2.37. The average Bonchev–Trinajstić information content (AvgIpc) is 3.04. The fraction of sp³-hybridized carbons (Fsp3) is 0.333. The summed E-state index contributed by atoms with van der Waals surface area (Å²) in [5, 5.41) is 14.3. The highest BCUT2D eigenvalue weighted by Crippen LogP contribution is 2.31. The van der Waals surface area contributed by atoms with Gasteiger partial charge in [-0.1, -0.05) is 22.6 Å². The topological polar surface area (TPSA) is 82.2 Å². The van der Waals surface area contributed by atoms with Crippen molar-refractivity contribution in [3.63, 3.8) is 0 Å². The first-order valence-electron chi connectivity index (χ1n) is 8.25. The molecule has 1 saturated carbocycles. The summed E-state index contributed by atoms with van der Waals surface area (Å²) in [6, 6.07) is 6.79. The second-order valence-electron chi connectivity index (χ2n) is 6.46. The molecule has 3 N–H and O–H groups in total. The standard InChI is InChI=1S/C18H17IN2O3S/c19-9-1-3-10(4-2-9)20-17(23)15-8-13-12-7-11(22)5-6-14(12)21-18(24)16(13)25-15/h5-10,22H,1-4H2,(H,20,23)(H,21,24). The van der Waals surface area contributed by atoms with Gasteiger partial charge >= 0.3 is 0 Å². The Bertz CT molecular complexity index is 1020. The Morgan fingerprint density at radius 1 is 1.20 bits per heavy atom. The molecule has 4 rings (SSSR count). The van der Waals surface area contributed by atoms with Gasteiger partial charge in [0.25, 0.3) is 11.5 Å². The number of hydrogen-bond donors (Lipinski definition) is 3. The van der Waals surface area contributed by atoms with Crippen LogP contribution in [0.1, 0.15) is 35.4 Å². The van der Waals surface area contributed by atoms with Crippen molar-refractivity contribution in [2.45, 2.75) is 35.6 Å². The summed E-state index contributed by atoms with van der Waals surface area (Å²) in [6.07, 6.45) is 4.26. The number of hydrogen-bond acceptors (Lipinski definition) is 4. The van der Waals surface area contributed by atoms with Gasteiger partial charge < -0.3 is 15.4 Å². The number of aromatic nitrogens is 1. The van der Waals surface area contributed by atoms with Crippen LogP contribution in [0.25, 0.3) is 21.0 Å². The van der Waals surface area contributed by atoms with E-state index in [1.165, 1.54) is 17.4 Å². The minimum Gasteiger partial charge on any atom is -0.508 e. The molecule has 0 unspecified atom stereocenters. The molecule has 1 aromatic carbocycles. The number of rotatable bonds is 2. The van der Waals surface area contributed by atoms with Crippen LogP contribution in [0.15, 0.2) is 29.1 Å². The average molecular weight is 468 g/mol. The van der Waals surface area contributed by atoms with Crippen LogP contribution in [-0.2, 0) is 0 Å². The van der Waals surface area contributed by atoms with E-state index in [2.05, 4.69) is 32.9 Å². The zero-order chi connectivity index (χ0) is 17.6. The van der Waals surface area contributed by atoms with Crippen LogP contribution in [0.5, 0.6) is 5.75 Å². The molecule has 130 valence electrons. The Kier molecular flexibility index (Phi) is 4.45. The van der Waals surface area contributed by atoms with E-state index < -0.39 is 0 Å². The lowest BCUT2D eigenvalue weighted by atomic mass is 9.95. The Morgan fingerprint density at radius 3 is 2.72 bits per heavy atom. The Hall–Kier alpha value is -1.61. The summed E-state index contributed by atoms with van der Waals surface area (Å²) in [5.41, 5.74) is 0.447. The van der Waals surface area contributed by atoms with E-state index in [1.54, 1.807) is 18.2 Å². The zero-order valence-corrected chi connectivity index (χ0v) is 16.3. The monoisotopic (exact) mass is 468 g/mol. The summed E-state index contributed by atoms with van der Waals surface area (Å²) < 4.78 is 1.21. The van der Waals surface area contributed by atoms with E-state index in [9.17, 15) is 14.7 Å². The van der Waals surface area contributed by atoms with Gasteiger partial charge in [-0.05, 0) is 49.9 Å². The second kappa shape index (κ2) is 6.60. The number of alkyl halides is 1. The van der Waals surface area contributed by atoms with Crippen LogP contribution in [0.4, 0.5) is 0 Å². The van der Waals surface area contributed by atoms with Crippen LogP contribution in [0.3, 0.4) is 0 Å². The molecule has 3 aromatic rings. The SMILES string of the molecule is O=C(NC1CCC(I)CC1)c1cc2c(s1)c(=O)[nH]c1ccc(O)cc12. The zero-order valence-electron chi connectivity index (χ0n) is 13.3. The molecule has 7 heteroatoms. The largest absolute Gasteiger partial charge is 0.508 e. The third-order valence-corrected chi connectivity index (χ3v) is 7.07. The molecule has 0 saturated heterocycles. The number of pyridine rings is 1. The molecule has 25 heavy (non-hydrogen) atoms. The van der Waals surface area contributed by atoms with E-state index in [-0.39, 0.29) is 23.3 Å². The molecule has 1 amide bonds. The van der Waals surface area contributed by atoms with Gasteiger partial charge in [0, 0.05) is 26.3 Å². The normalized spacial score (nSPS) is 20.8. The number of H-pyrrole nitrogens is 1. The molecule has 1 fully saturated rings. The predicted octanol–water partition coefficient (Wildman–Crippen LogP) is 3.92. The molecular formula is C18H17IN2O3S. The molecule has 0 bridgehead atoms. The molecule has 2 aromatic heterocycles. The van der Waals surface area contributed by atoms with Gasteiger partial charge in [0.05, 0.1) is 4.88 Å². The number of carbonyl (C=O) groups excluding carboxylic acids is 1. The molecular weight excluding hydrogens is 451 g/mol. The quantitative estimate of drug-likeness (QED) is 0.394. The van der Waals surface area contributed by atoms with E-state index in [1.807, 2.05) is 0 Å². The number of nitrogens with one attached hydrogen (secondary N) is 2. The van der Waals surface area contributed by atoms with Gasteiger partial charge in [0.15, 0.2) is 0 Å². The Labute approximate surface area is 161 Å². The van der Waals surface area contributed by atoms with Crippen molar-refractivity contribution >= 4 is 60.8 Å². The van der Waals surface area contributed by atoms with Crippen molar-refractivity contribution in [2.24, 2.45) is 0 Å². The second-order valence-corrected chi connectivity index (χ2v) is 9.27. The number of halogens is 1. The minimum atomic E-state index is -0.206. The fourth-order valence-corrected chi connectivity index (χ4v) is 5.06. The number of phenolic OH excluding ortho intramolecular Hbond substituents is 1.